The molecule has 0 saturated heterocycles. The summed E-state index contributed by atoms with van der Waals surface area (Å²) in [7, 11) is 0. The van der Waals surface area contributed by atoms with E-state index in [1.807, 2.05) is 0 Å². The van der Waals surface area contributed by atoms with Crippen molar-refractivity contribution in [3.63, 3.8) is 0 Å². The van der Waals surface area contributed by atoms with E-state index >= 15 is 0 Å². The number of aryl methyl sites for hydroxylation is 1. The molecule has 1 heterocycles. The van der Waals surface area contributed by atoms with E-state index in [0.29, 0.717) is 17.1 Å². The molecular formula is C14H13F3N2O2. The van der Waals surface area contributed by atoms with Gasteiger partial charge < -0.3 is 15.2 Å². The lowest BCUT2D eigenvalue weighted by Gasteiger charge is -2.12. The first kappa shape index (κ1) is 15.1. The Morgan fingerprint density at radius 1 is 1.14 bits per heavy atom. The van der Waals surface area contributed by atoms with Crippen molar-refractivity contribution in [3.8, 4) is 17.2 Å². The highest BCUT2D eigenvalue weighted by Crippen LogP contribution is 2.29. The second-order valence-electron chi connectivity index (χ2n) is 4.26. The van der Waals surface area contributed by atoms with Crippen LogP contribution in [0.3, 0.4) is 0 Å². The number of rotatable bonds is 4. The predicted octanol–water partition coefficient (Wildman–Crippen LogP) is 3.54. The van der Waals surface area contributed by atoms with Crippen LogP contribution in [0.4, 0.5) is 13.2 Å². The standard InChI is InChI=1S/C14H13F3N2O2/c1-9-6-13(10(7-18)8-19-9)20-11-2-4-12(5-3-11)21-14(15,16)17/h2-6,8H,7,18H2,1H3. The lowest BCUT2D eigenvalue weighted by atomic mass is 10.2. The predicted molar refractivity (Wildman–Crippen MR) is 70.1 cm³/mol. The number of benzene rings is 1. The van der Waals surface area contributed by atoms with Crippen LogP contribution < -0.4 is 15.2 Å². The lowest BCUT2D eigenvalue weighted by Crippen LogP contribution is -2.16. The maximum absolute atomic E-state index is 12.1. The Balaban J connectivity index is 2.15. The second-order valence-corrected chi connectivity index (χ2v) is 4.26. The summed E-state index contributed by atoms with van der Waals surface area (Å²) in [5.74, 6) is 0.596. The monoisotopic (exact) mass is 298 g/mol. The van der Waals surface area contributed by atoms with Gasteiger partial charge in [-0.1, -0.05) is 0 Å². The third-order valence-electron chi connectivity index (χ3n) is 2.59. The minimum absolute atomic E-state index is 0.248. The average molecular weight is 298 g/mol. The minimum Gasteiger partial charge on any atom is -0.457 e. The van der Waals surface area contributed by atoms with Crippen molar-refractivity contribution in [2.45, 2.75) is 19.8 Å². The molecule has 0 aliphatic rings. The molecule has 0 spiro atoms. The SMILES string of the molecule is Cc1cc(Oc2ccc(OC(F)(F)F)cc2)c(CN)cn1. The van der Waals surface area contributed by atoms with Gasteiger partial charge in [0.15, 0.2) is 0 Å². The van der Waals surface area contributed by atoms with Crippen LogP contribution >= 0.6 is 0 Å². The Kier molecular flexibility index (Phi) is 4.32. The fraction of sp³-hybridized carbons (Fsp3) is 0.214. The van der Waals surface area contributed by atoms with E-state index in [9.17, 15) is 13.2 Å². The summed E-state index contributed by atoms with van der Waals surface area (Å²) in [6.07, 6.45) is -3.11. The maximum atomic E-state index is 12.1. The van der Waals surface area contributed by atoms with Crippen molar-refractivity contribution in [1.29, 1.82) is 0 Å². The summed E-state index contributed by atoms with van der Waals surface area (Å²) in [6.45, 7) is 2.05. The van der Waals surface area contributed by atoms with Gasteiger partial charge in [-0.3, -0.25) is 4.98 Å². The summed E-state index contributed by atoms with van der Waals surface area (Å²) in [5.41, 5.74) is 7.04. The number of halogens is 3. The average Bonchev–Trinajstić information content (AvgIpc) is 2.40. The normalized spacial score (nSPS) is 11.3. The third kappa shape index (κ3) is 4.35. The zero-order chi connectivity index (χ0) is 15.5. The Labute approximate surface area is 119 Å². The van der Waals surface area contributed by atoms with Gasteiger partial charge in [0.25, 0.3) is 0 Å². The quantitative estimate of drug-likeness (QED) is 0.938. The first-order valence-corrected chi connectivity index (χ1v) is 6.06. The molecule has 4 nitrogen and oxygen atoms in total. The van der Waals surface area contributed by atoms with E-state index in [2.05, 4.69) is 9.72 Å². The van der Waals surface area contributed by atoms with Crippen LogP contribution in [-0.4, -0.2) is 11.3 Å². The molecule has 0 bridgehead atoms. The largest absolute Gasteiger partial charge is 0.573 e. The molecule has 0 atom stereocenters. The van der Waals surface area contributed by atoms with Crippen LogP contribution in [0.25, 0.3) is 0 Å². The van der Waals surface area contributed by atoms with Crippen LogP contribution in [0.1, 0.15) is 11.3 Å². The zero-order valence-electron chi connectivity index (χ0n) is 11.1. The summed E-state index contributed by atoms with van der Waals surface area (Å²) in [6, 6.07) is 6.84. The van der Waals surface area contributed by atoms with Gasteiger partial charge in [-0.05, 0) is 31.2 Å². The molecule has 112 valence electrons. The molecule has 2 rings (SSSR count). The van der Waals surface area contributed by atoms with E-state index in [0.717, 1.165) is 5.69 Å². The summed E-state index contributed by atoms with van der Waals surface area (Å²) >= 11 is 0. The van der Waals surface area contributed by atoms with Crippen LogP contribution in [0, 0.1) is 6.92 Å². The van der Waals surface area contributed by atoms with Gasteiger partial charge in [0.1, 0.15) is 17.2 Å². The number of pyridine rings is 1. The molecular weight excluding hydrogens is 285 g/mol. The van der Waals surface area contributed by atoms with Gasteiger partial charge in [0.2, 0.25) is 0 Å². The molecule has 0 fully saturated rings. The molecule has 2 N–H and O–H groups in total. The summed E-state index contributed by atoms with van der Waals surface area (Å²) < 4.78 is 45.6. The number of hydrogen-bond acceptors (Lipinski definition) is 4. The summed E-state index contributed by atoms with van der Waals surface area (Å²) in [4.78, 5) is 4.10. The first-order valence-electron chi connectivity index (χ1n) is 6.06. The van der Waals surface area contributed by atoms with Crippen molar-refractivity contribution in [3.05, 3.63) is 47.8 Å². The number of ether oxygens (including phenoxy) is 2. The molecule has 0 unspecified atom stereocenters. The van der Waals surface area contributed by atoms with Crippen LogP contribution in [0.2, 0.25) is 0 Å². The highest BCUT2D eigenvalue weighted by Gasteiger charge is 2.30. The molecule has 1 aromatic carbocycles. The molecule has 7 heteroatoms. The van der Waals surface area contributed by atoms with Gasteiger partial charge >= 0.3 is 6.36 Å². The van der Waals surface area contributed by atoms with Crippen LogP contribution in [0.5, 0.6) is 17.2 Å². The number of hydrogen-bond donors (Lipinski definition) is 1. The molecule has 0 amide bonds. The Morgan fingerprint density at radius 2 is 1.76 bits per heavy atom. The van der Waals surface area contributed by atoms with Crippen molar-refractivity contribution in [2.24, 2.45) is 5.73 Å². The van der Waals surface area contributed by atoms with Crippen LogP contribution in [0.15, 0.2) is 36.5 Å². The number of alkyl halides is 3. The lowest BCUT2D eigenvalue weighted by molar-refractivity contribution is -0.274. The minimum atomic E-state index is -4.71. The highest BCUT2D eigenvalue weighted by molar-refractivity contribution is 5.39. The van der Waals surface area contributed by atoms with Crippen molar-refractivity contribution in [1.82, 2.24) is 4.98 Å². The Hall–Kier alpha value is -2.28. The van der Waals surface area contributed by atoms with Gasteiger partial charge in [0, 0.05) is 30.1 Å². The van der Waals surface area contributed by atoms with Gasteiger partial charge in [-0.2, -0.15) is 0 Å². The first-order chi connectivity index (χ1) is 9.87. The van der Waals surface area contributed by atoms with Gasteiger partial charge in [-0.15, -0.1) is 13.2 Å². The van der Waals surface area contributed by atoms with E-state index in [4.69, 9.17) is 10.5 Å². The highest BCUT2D eigenvalue weighted by atomic mass is 19.4. The molecule has 0 aliphatic heterocycles. The summed E-state index contributed by atoms with van der Waals surface area (Å²) in [5, 5.41) is 0. The van der Waals surface area contributed by atoms with E-state index in [-0.39, 0.29) is 12.3 Å². The molecule has 0 saturated carbocycles. The van der Waals surface area contributed by atoms with E-state index < -0.39 is 6.36 Å². The van der Waals surface area contributed by atoms with Crippen LogP contribution in [-0.2, 0) is 6.54 Å². The third-order valence-corrected chi connectivity index (χ3v) is 2.59. The van der Waals surface area contributed by atoms with E-state index in [1.165, 1.54) is 24.3 Å². The van der Waals surface area contributed by atoms with Gasteiger partial charge in [0.05, 0.1) is 0 Å². The molecule has 2 aromatic rings. The van der Waals surface area contributed by atoms with E-state index in [1.54, 1.807) is 19.2 Å². The van der Waals surface area contributed by atoms with Gasteiger partial charge in [-0.25, -0.2) is 0 Å². The number of aromatic nitrogens is 1. The van der Waals surface area contributed by atoms with Crippen molar-refractivity contribution in [2.75, 3.05) is 0 Å². The Bertz CT molecular complexity index is 613. The fourth-order valence-electron chi connectivity index (χ4n) is 1.65. The smallest absolute Gasteiger partial charge is 0.457 e. The topological polar surface area (TPSA) is 57.4 Å². The molecule has 0 aliphatic carbocycles. The molecule has 0 radical (unpaired) electrons. The maximum Gasteiger partial charge on any atom is 0.573 e. The number of nitrogens with zero attached hydrogens (tertiary/aromatic N) is 1. The second kappa shape index (κ2) is 6.01. The molecule has 1 aromatic heterocycles. The molecule has 21 heavy (non-hydrogen) atoms. The number of nitrogens with two attached hydrogens (primary N) is 1. The van der Waals surface area contributed by atoms with Crippen molar-refractivity contribution < 1.29 is 22.6 Å². The Morgan fingerprint density at radius 3 is 2.33 bits per heavy atom. The zero-order valence-corrected chi connectivity index (χ0v) is 11.1. The fourth-order valence-corrected chi connectivity index (χ4v) is 1.65. The van der Waals surface area contributed by atoms with Crippen molar-refractivity contribution >= 4 is 0 Å².